The van der Waals surface area contributed by atoms with Crippen LogP contribution < -0.4 is 20.1 Å². The van der Waals surface area contributed by atoms with Gasteiger partial charge in [0.25, 0.3) is 0 Å². The van der Waals surface area contributed by atoms with Crippen molar-refractivity contribution in [2.45, 2.75) is 6.92 Å². The van der Waals surface area contributed by atoms with Crippen LogP contribution in [-0.2, 0) is 0 Å². The molecule has 0 atom stereocenters. The first-order valence-corrected chi connectivity index (χ1v) is 7.85. The van der Waals surface area contributed by atoms with Gasteiger partial charge in [0.15, 0.2) is 0 Å². The van der Waals surface area contributed by atoms with E-state index in [0.717, 1.165) is 22.9 Å². The Hall–Kier alpha value is -3.28. The van der Waals surface area contributed by atoms with Crippen LogP contribution in [0.15, 0.2) is 54.6 Å². The SMILES string of the molecule is COc1cccc(Nc2cc(Nc3ccccc3OC)nc(C)n2)c1. The molecule has 0 aliphatic rings. The molecular formula is C19H20N4O2. The first-order chi connectivity index (χ1) is 12.2. The van der Waals surface area contributed by atoms with Gasteiger partial charge in [0.2, 0.25) is 0 Å². The van der Waals surface area contributed by atoms with Crippen molar-refractivity contribution in [3.8, 4) is 11.5 Å². The van der Waals surface area contributed by atoms with Crippen molar-refractivity contribution in [2.24, 2.45) is 0 Å². The van der Waals surface area contributed by atoms with Crippen molar-refractivity contribution < 1.29 is 9.47 Å². The molecule has 2 aromatic carbocycles. The summed E-state index contributed by atoms with van der Waals surface area (Å²) in [4.78, 5) is 8.87. The molecule has 0 saturated heterocycles. The smallest absolute Gasteiger partial charge is 0.142 e. The molecule has 0 saturated carbocycles. The van der Waals surface area contributed by atoms with E-state index in [2.05, 4.69) is 20.6 Å². The summed E-state index contributed by atoms with van der Waals surface area (Å²) in [5.41, 5.74) is 1.73. The van der Waals surface area contributed by atoms with Gasteiger partial charge in [0.1, 0.15) is 29.0 Å². The zero-order chi connectivity index (χ0) is 17.6. The van der Waals surface area contributed by atoms with Gasteiger partial charge in [-0.25, -0.2) is 9.97 Å². The zero-order valence-corrected chi connectivity index (χ0v) is 14.4. The predicted molar refractivity (Wildman–Crippen MR) is 99.3 cm³/mol. The van der Waals surface area contributed by atoms with Gasteiger partial charge in [0, 0.05) is 17.8 Å². The van der Waals surface area contributed by atoms with Gasteiger partial charge in [-0.2, -0.15) is 0 Å². The normalized spacial score (nSPS) is 10.2. The first-order valence-electron chi connectivity index (χ1n) is 7.85. The van der Waals surface area contributed by atoms with E-state index in [1.54, 1.807) is 14.2 Å². The number of rotatable bonds is 6. The molecule has 0 amide bonds. The van der Waals surface area contributed by atoms with Crippen molar-refractivity contribution >= 4 is 23.0 Å². The Labute approximate surface area is 146 Å². The lowest BCUT2D eigenvalue weighted by Gasteiger charge is -2.13. The number of methoxy groups -OCH3 is 2. The molecule has 3 aromatic rings. The highest BCUT2D eigenvalue weighted by Crippen LogP contribution is 2.27. The Bertz CT molecular complexity index is 868. The van der Waals surface area contributed by atoms with E-state index in [1.807, 2.05) is 61.5 Å². The molecule has 6 nitrogen and oxygen atoms in total. The third kappa shape index (κ3) is 4.17. The van der Waals surface area contributed by atoms with Crippen LogP contribution in [-0.4, -0.2) is 24.2 Å². The number of aromatic nitrogens is 2. The van der Waals surface area contributed by atoms with Crippen LogP contribution in [0.3, 0.4) is 0 Å². The molecule has 2 N–H and O–H groups in total. The summed E-state index contributed by atoms with van der Waals surface area (Å²) >= 11 is 0. The van der Waals surface area contributed by atoms with Gasteiger partial charge < -0.3 is 20.1 Å². The molecule has 0 fully saturated rings. The number of nitrogens with zero attached hydrogens (tertiary/aromatic N) is 2. The first kappa shape index (κ1) is 16.6. The quantitative estimate of drug-likeness (QED) is 0.700. The standard InChI is InChI=1S/C19H20N4O2/c1-13-20-18(22-14-7-6-8-15(11-14)24-2)12-19(21-13)23-16-9-4-5-10-17(16)25-3/h4-12H,1-3H3,(H2,20,21,22,23). The largest absolute Gasteiger partial charge is 0.497 e. The summed E-state index contributed by atoms with van der Waals surface area (Å²) in [6.45, 7) is 1.85. The lowest BCUT2D eigenvalue weighted by molar-refractivity contribution is 0.415. The summed E-state index contributed by atoms with van der Waals surface area (Å²) < 4.78 is 10.6. The van der Waals surface area contributed by atoms with Crippen molar-refractivity contribution in [1.82, 2.24) is 9.97 Å². The minimum Gasteiger partial charge on any atom is -0.497 e. The van der Waals surface area contributed by atoms with Gasteiger partial charge in [-0.1, -0.05) is 18.2 Å². The van der Waals surface area contributed by atoms with Crippen molar-refractivity contribution in [3.05, 3.63) is 60.4 Å². The Balaban J connectivity index is 1.85. The van der Waals surface area contributed by atoms with Gasteiger partial charge in [-0.05, 0) is 31.2 Å². The fourth-order valence-corrected chi connectivity index (χ4v) is 2.43. The molecule has 1 aromatic heterocycles. The molecule has 0 radical (unpaired) electrons. The van der Waals surface area contributed by atoms with E-state index in [4.69, 9.17) is 9.47 Å². The van der Waals surface area contributed by atoms with Crippen LogP contribution in [0.1, 0.15) is 5.82 Å². The maximum absolute atomic E-state index is 5.36. The molecule has 0 spiro atoms. The van der Waals surface area contributed by atoms with Gasteiger partial charge in [-0.3, -0.25) is 0 Å². The molecule has 25 heavy (non-hydrogen) atoms. The fourth-order valence-electron chi connectivity index (χ4n) is 2.43. The number of hydrogen-bond acceptors (Lipinski definition) is 6. The second-order valence-electron chi connectivity index (χ2n) is 5.37. The molecule has 0 aliphatic carbocycles. The molecule has 1 heterocycles. The third-order valence-electron chi connectivity index (χ3n) is 3.55. The van der Waals surface area contributed by atoms with E-state index in [0.29, 0.717) is 17.5 Å². The van der Waals surface area contributed by atoms with Crippen LogP contribution in [0.4, 0.5) is 23.0 Å². The molecule has 0 aliphatic heterocycles. The topological polar surface area (TPSA) is 68.3 Å². The molecular weight excluding hydrogens is 316 g/mol. The second kappa shape index (κ2) is 7.53. The maximum atomic E-state index is 5.36. The average Bonchev–Trinajstić information content (AvgIpc) is 2.62. The minimum absolute atomic E-state index is 0.658. The minimum atomic E-state index is 0.658. The summed E-state index contributed by atoms with van der Waals surface area (Å²) in [6.07, 6.45) is 0. The predicted octanol–water partition coefficient (Wildman–Crippen LogP) is 4.29. The maximum Gasteiger partial charge on any atom is 0.142 e. The van der Waals surface area contributed by atoms with E-state index in [9.17, 15) is 0 Å². The molecule has 6 heteroatoms. The Morgan fingerprint density at radius 2 is 1.56 bits per heavy atom. The van der Waals surface area contributed by atoms with E-state index in [-0.39, 0.29) is 0 Å². The van der Waals surface area contributed by atoms with Gasteiger partial charge in [-0.15, -0.1) is 0 Å². The van der Waals surface area contributed by atoms with E-state index >= 15 is 0 Å². The molecule has 128 valence electrons. The Kier molecular flexibility index (Phi) is 4.99. The van der Waals surface area contributed by atoms with E-state index in [1.165, 1.54) is 0 Å². The van der Waals surface area contributed by atoms with Crippen molar-refractivity contribution in [2.75, 3.05) is 24.9 Å². The Morgan fingerprint density at radius 3 is 2.32 bits per heavy atom. The van der Waals surface area contributed by atoms with Crippen LogP contribution in [0, 0.1) is 6.92 Å². The number of anilines is 4. The fraction of sp³-hybridized carbons (Fsp3) is 0.158. The molecule has 3 rings (SSSR count). The highest BCUT2D eigenvalue weighted by atomic mass is 16.5. The molecule has 0 bridgehead atoms. The summed E-state index contributed by atoms with van der Waals surface area (Å²) in [7, 11) is 3.28. The number of ether oxygens (including phenoxy) is 2. The van der Waals surface area contributed by atoms with Crippen LogP contribution >= 0.6 is 0 Å². The highest BCUT2D eigenvalue weighted by Gasteiger charge is 2.06. The van der Waals surface area contributed by atoms with Crippen molar-refractivity contribution in [3.63, 3.8) is 0 Å². The van der Waals surface area contributed by atoms with Crippen molar-refractivity contribution in [1.29, 1.82) is 0 Å². The summed E-state index contributed by atoms with van der Waals surface area (Å²) in [5, 5.41) is 6.54. The monoisotopic (exact) mass is 336 g/mol. The lowest BCUT2D eigenvalue weighted by atomic mass is 10.3. The summed E-state index contributed by atoms with van der Waals surface area (Å²) in [6, 6.07) is 17.2. The highest BCUT2D eigenvalue weighted by molar-refractivity contribution is 5.67. The third-order valence-corrected chi connectivity index (χ3v) is 3.55. The summed E-state index contributed by atoms with van der Waals surface area (Å²) in [5.74, 6) is 3.56. The number of nitrogens with one attached hydrogen (secondary N) is 2. The molecule has 0 unspecified atom stereocenters. The lowest BCUT2D eigenvalue weighted by Crippen LogP contribution is -2.02. The number of hydrogen-bond donors (Lipinski definition) is 2. The second-order valence-corrected chi connectivity index (χ2v) is 5.37. The van der Waals surface area contributed by atoms with Crippen LogP contribution in [0.5, 0.6) is 11.5 Å². The number of aryl methyl sites for hydroxylation is 1. The van der Waals surface area contributed by atoms with Crippen LogP contribution in [0.2, 0.25) is 0 Å². The van der Waals surface area contributed by atoms with Gasteiger partial charge in [0.05, 0.1) is 19.9 Å². The Morgan fingerprint density at radius 1 is 0.800 bits per heavy atom. The van der Waals surface area contributed by atoms with Crippen LogP contribution in [0.25, 0.3) is 0 Å². The van der Waals surface area contributed by atoms with E-state index < -0.39 is 0 Å². The van der Waals surface area contributed by atoms with Gasteiger partial charge >= 0.3 is 0 Å². The average molecular weight is 336 g/mol. The number of para-hydroxylation sites is 2. The number of benzene rings is 2. The zero-order valence-electron chi connectivity index (χ0n) is 14.4.